The second-order valence-electron chi connectivity index (χ2n) is 5.19. The van der Waals surface area contributed by atoms with Gasteiger partial charge in [0.05, 0.1) is 4.90 Å². The first-order valence-electron chi connectivity index (χ1n) is 6.60. The Hall–Kier alpha value is -1.66. The number of aryl methyl sites for hydroxylation is 2. The van der Waals surface area contributed by atoms with E-state index in [4.69, 9.17) is 0 Å². The van der Waals surface area contributed by atoms with Crippen LogP contribution in [-0.2, 0) is 23.6 Å². The number of sulfonamides is 1. The lowest BCUT2D eigenvalue weighted by molar-refractivity contribution is 0.579. The highest BCUT2D eigenvalue weighted by Gasteiger charge is 2.18. The molecule has 4 nitrogen and oxygen atoms in total. The first-order chi connectivity index (χ1) is 9.72. The van der Waals surface area contributed by atoms with Crippen LogP contribution in [0.3, 0.4) is 0 Å². The van der Waals surface area contributed by atoms with Crippen LogP contribution in [0.1, 0.15) is 22.5 Å². The molecule has 0 amide bonds. The lowest BCUT2D eigenvalue weighted by Crippen LogP contribution is -2.24. The molecule has 0 saturated carbocycles. The Morgan fingerprint density at radius 2 is 1.86 bits per heavy atom. The zero-order chi connectivity index (χ0) is 15.8. The Labute approximate surface area is 124 Å². The summed E-state index contributed by atoms with van der Waals surface area (Å²) in [5.41, 5.74) is 3.41. The van der Waals surface area contributed by atoms with Crippen molar-refractivity contribution in [3.05, 3.63) is 52.6 Å². The minimum absolute atomic E-state index is 0.106. The highest BCUT2D eigenvalue weighted by molar-refractivity contribution is 7.89. The summed E-state index contributed by atoms with van der Waals surface area (Å²) in [4.78, 5) is 0.106. The molecule has 0 radical (unpaired) electrons. The molecule has 0 atom stereocenters. The molecule has 2 aromatic rings. The van der Waals surface area contributed by atoms with E-state index in [1.807, 2.05) is 31.5 Å². The van der Waals surface area contributed by atoms with E-state index in [1.165, 1.54) is 12.1 Å². The molecule has 1 aromatic heterocycles. The third kappa shape index (κ3) is 3.16. The third-order valence-corrected chi connectivity index (χ3v) is 5.32. The minimum Gasteiger partial charge on any atom is -0.352 e. The molecule has 2 rings (SSSR count). The van der Waals surface area contributed by atoms with Gasteiger partial charge in [-0.05, 0) is 56.2 Å². The number of nitrogens with zero attached hydrogens (tertiary/aromatic N) is 1. The van der Waals surface area contributed by atoms with Gasteiger partial charge in [0, 0.05) is 25.0 Å². The van der Waals surface area contributed by atoms with E-state index in [-0.39, 0.29) is 11.4 Å². The quantitative estimate of drug-likeness (QED) is 0.943. The lowest BCUT2D eigenvalue weighted by Gasteiger charge is -2.09. The molecule has 1 N–H and O–H groups in total. The highest BCUT2D eigenvalue weighted by atomic mass is 32.2. The minimum atomic E-state index is -3.65. The standard InChI is InChI=1S/C15H19FN2O2S/c1-10-7-14(16)5-6-15(10)21(19,20)17-9-13-8-11(2)18(4)12(13)3/h5-8,17H,9H2,1-4H3. The van der Waals surface area contributed by atoms with Gasteiger partial charge in [-0.3, -0.25) is 0 Å². The molecule has 114 valence electrons. The van der Waals surface area contributed by atoms with Gasteiger partial charge >= 0.3 is 0 Å². The van der Waals surface area contributed by atoms with Crippen LogP contribution in [0, 0.1) is 26.6 Å². The van der Waals surface area contributed by atoms with Gasteiger partial charge in [-0.15, -0.1) is 0 Å². The van der Waals surface area contributed by atoms with Gasteiger partial charge in [-0.25, -0.2) is 17.5 Å². The maximum atomic E-state index is 13.1. The second kappa shape index (κ2) is 5.61. The van der Waals surface area contributed by atoms with E-state index in [0.717, 1.165) is 23.0 Å². The summed E-state index contributed by atoms with van der Waals surface area (Å²) in [6, 6.07) is 5.61. The number of aromatic nitrogens is 1. The van der Waals surface area contributed by atoms with Crippen LogP contribution in [0.5, 0.6) is 0 Å². The maximum absolute atomic E-state index is 13.1. The van der Waals surface area contributed by atoms with Gasteiger partial charge in [0.2, 0.25) is 10.0 Å². The average molecular weight is 310 g/mol. The van der Waals surface area contributed by atoms with Crippen LogP contribution >= 0.6 is 0 Å². The Bertz CT molecular complexity index is 779. The summed E-state index contributed by atoms with van der Waals surface area (Å²) < 4.78 is 42.2. The molecule has 0 saturated heterocycles. The zero-order valence-corrected chi connectivity index (χ0v) is 13.4. The Morgan fingerprint density at radius 3 is 2.38 bits per heavy atom. The number of halogens is 1. The largest absolute Gasteiger partial charge is 0.352 e. The van der Waals surface area contributed by atoms with E-state index in [1.54, 1.807) is 6.92 Å². The van der Waals surface area contributed by atoms with Crippen LogP contribution in [0.25, 0.3) is 0 Å². The van der Waals surface area contributed by atoms with Gasteiger partial charge in [0.15, 0.2) is 0 Å². The van der Waals surface area contributed by atoms with E-state index in [0.29, 0.717) is 5.56 Å². The van der Waals surface area contributed by atoms with Gasteiger partial charge in [0.1, 0.15) is 5.82 Å². The number of hydrogen-bond acceptors (Lipinski definition) is 2. The molecule has 0 unspecified atom stereocenters. The van der Waals surface area contributed by atoms with Crippen LogP contribution in [-0.4, -0.2) is 13.0 Å². The molecule has 1 aromatic carbocycles. The predicted octanol–water partition coefficient (Wildman–Crippen LogP) is 2.57. The normalized spacial score (nSPS) is 11.9. The third-order valence-electron chi connectivity index (χ3n) is 3.76. The molecular formula is C15H19FN2O2S. The van der Waals surface area contributed by atoms with E-state index in [2.05, 4.69) is 4.72 Å². The summed E-state index contributed by atoms with van der Waals surface area (Å²) in [7, 11) is -1.71. The molecule has 0 fully saturated rings. The fourth-order valence-electron chi connectivity index (χ4n) is 2.28. The summed E-state index contributed by atoms with van der Waals surface area (Å²) in [6.45, 7) is 5.71. The van der Waals surface area contributed by atoms with Crippen molar-refractivity contribution in [2.45, 2.75) is 32.2 Å². The average Bonchev–Trinajstić information content (AvgIpc) is 2.63. The first-order valence-corrected chi connectivity index (χ1v) is 8.08. The topological polar surface area (TPSA) is 51.1 Å². The smallest absolute Gasteiger partial charge is 0.241 e. The second-order valence-corrected chi connectivity index (χ2v) is 6.93. The fraction of sp³-hybridized carbons (Fsp3) is 0.333. The molecule has 0 aliphatic carbocycles. The SMILES string of the molecule is Cc1cc(F)ccc1S(=O)(=O)NCc1cc(C)n(C)c1C. The Morgan fingerprint density at radius 1 is 1.19 bits per heavy atom. The van der Waals surface area contributed by atoms with Crippen LogP contribution in [0.2, 0.25) is 0 Å². The van der Waals surface area contributed by atoms with Crippen LogP contribution in [0.15, 0.2) is 29.2 Å². The molecule has 0 bridgehead atoms. The molecule has 21 heavy (non-hydrogen) atoms. The van der Waals surface area contributed by atoms with Gasteiger partial charge in [-0.1, -0.05) is 0 Å². The van der Waals surface area contributed by atoms with Gasteiger partial charge in [0.25, 0.3) is 0 Å². The lowest BCUT2D eigenvalue weighted by atomic mass is 10.2. The molecule has 0 aliphatic rings. The van der Waals surface area contributed by atoms with Crippen molar-refractivity contribution in [3.8, 4) is 0 Å². The van der Waals surface area contributed by atoms with Crippen molar-refractivity contribution in [2.24, 2.45) is 7.05 Å². The summed E-state index contributed by atoms with van der Waals surface area (Å²) in [6.07, 6.45) is 0. The van der Waals surface area contributed by atoms with Gasteiger partial charge in [-0.2, -0.15) is 0 Å². The summed E-state index contributed by atoms with van der Waals surface area (Å²) >= 11 is 0. The van der Waals surface area contributed by atoms with Crippen LogP contribution < -0.4 is 4.72 Å². The summed E-state index contributed by atoms with van der Waals surface area (Å²) in [5, 5.41) is 0. The fourth-order valence-corrected chi connectivity index (χ4v) is 3.51. The molecular weight excluding hydrogens is 291 g/mol. The van der Waals surface area contributed by atoms with Crippen molar-refractivity contribution < 1.29 is 12.8 Å². The van der Waals surface area contributed by atoms with E-state index < -0.39 is 15.8 Å². The Balaban J connectivity index is 2.24. The predicted molar refractivity (Wildman–Crippen MR) is 80.0 cm³/mol. The van der Waals surface area contributed by atoms with Crippen molar-refractivity contribution in [3.63, 3.8) is 0 Å². The number of nitrogens with one attached hydrogen (secondary N) is 1. The monoisotopic (exact) mass is 310 g/mol. The van der Waals surface area contributed by atoms with Crippen molar-refractivity contribution >= 4 is 10.0 Å². The molecule has 6 heteroatoms. The Kier molecular flexibility index (Phi) is 4.20. The van der Waals surface area contributed by atoms with Crippen LogP contribution in [0.4, 0.5) is 4.39 Å². The molecule has 1 heterocycles. The number of rotatable bonds is 4. The molecule has 0 aliphatic heterocycles. The van der Waals surface area contributed by atoms with Crippen molar-refractivity contribution in [2.75, 3.05) is 0 Å². The highest BCUT2D eigenvalue weighted by Crippen LogP contribution is 2.18. The van der Waals surface area contributed by atoms with Crippen molar-refractivity contribution in [1.82, 2.24) is 9.29 Å². The summed E-state index contributed by atoms with van der Waals surface area (Å²) in [5.74, 6) is -0.444. The zero-order valence-electron chi connectivity index (χ0n) is 12.6. The van der Waals surface area contributed by atoms with E-state index in [9.17, 15) is 12.8 Å². The molecule has 0 spiro atoms. The number of benzene rings is 1. The van der Waals surface area contributed by atoms with Gasteiger partial charge < -0.3 is 4.57 Å². The maximum Gasteiger partial charge on any atom is 0.241 e. The van der Waals surface area contributed by atoms with Crippen molar-refractivity contribution in [1.29, 1.82) is 0 Å². The number of hydrogen-bond donors (Lipinski definition) is 1. The first kappa shape index (κ1) is 15.7. The van der Waals surface area contributed by atoms with E-state index >= 15 is 0 Å².